The number of nitrogens with one attached hydrogen (secondary N) is 2. The van der Waals surface area contributed by atoms with Crippen LogP contribution in [-0.4, -0.2) is 20.1 Å². The summed E-state index contributed by atoms with van der Waals surface area (Å²) in [4.78, 5) is 12.3. The second-order valence-electron chi connectivity index (χ2n) is 7.13. The summed E-state index contributed by atoms with van der Waals surface area (Å²) in [5, 5.41) is 2.97. The quantitative estimate of drug-likeness (QED) is 0.753. The smallest absolute Gasteiger partial charge is 0.232 e. The van der Waals surface area contributed by atoms with Gasteiger partial charge in [0.2, 0.25) is 15.9 Å². The average molecular weight is 350 g/mol. The van der Waals surface area contributed by atoms with E-state index < -0.39 is 10.0 Å². The number of anilines is 2. The van der Waals surface area contributed by atoms with Crippen LogP contribution in [0.1, 0.15) is 44.6 Å². The third-order valence-corrected chi connectivity index (χ3v) is 6.32. The van der Waals surface area contributed by atoms with Gasteiger partial charge in [0.25, 0.3) is 0 Å². The maximum absolute atomic E-state index is 12.3. The van der Waals surface area contributed by atoms with Gasteiger partial charge in [-0.25, -0.2) is 8.42 Å². The molecule has 0 aliphatic heterocycles. The Bertz CT molecular complexity index is 710. The van der Waals surface area contributed by atoms with Gasteiger partial charge in [0.05, 0.1) is 11.4 Å². The van der Waals surface area contributed by atoms with Gasteiger partial charge in [0, 0.05) is 12.1 Å². The maximum atomic E-state index is 12.3. The van der Waals surface area contributed by atoms with Crippen LogP contribution >= 0.6 is 0 Å². The van der Waals surface area contributed by atoms with Crippen molar-refractivity contribution in [3.63, 3.8) is 0 Å². The minimum atomic E-state index is -3.29. The van der Waals surface area contributed by atoms with Crippen LogP contribution in [-0.2, 0) is 14.8 Å². The largest absolute Gasteiger partial charge is 0.326 e. The van der Waals surface area contributed by atoms with E-state index in [0.29, 0.717) is 18.0 Å². The Hall–Kier alpha value is -1.56. The average Bonchev–Trinajstić information content (AvgIpc) is 3.40. The molecule has 0 heterocycles. The summed E-state index contributed by atoms with van der Waals surface area (Å²) in [7, 11) is -3.29. The number of carbonyl (C=O) groups is 1. The molecule has 3 rings (SSSR count). The standard InChI is InChI=1S/C18H26N2O3S/c1-3-24(22,23)20-17-9-8-15(10-12(17)2)19-18(21)11-16(13-4-5-13)14-6-7-14/h8-10,13-14,16,20H,3-7,11H2,1-2H3,(H,19,21). The van der Waals surface area contributed by atoms with Gasteiger partial charge in [-0.3, -0.25) is 9.52 Å². The van der Waals surface area contributed by atoms with E-state index in [1.54, 1.807) is 19.1 Å². The van der Waals surface area contributed by atoms with Gasteiger partial charge in [-0.1, -0.05) is 0 Å². The first kappa shape index (κ1) is 17.3. The van der Waals surface area contributed by atoms with Crippen molar-refractivity contribution in [2.45, 2.75) is 46.0 Å². The summed E-state index contributed by atoms with van der Waals surface area (Å²) in [5.41, 5.74) is 2.08. The van der Waals surface area contributed by atoms with Crippen molar-refractivity contribution in [3.05, 3.63) is 23.8 Å². The zero-order valence-electron chi connectivity index (χ0n) is 14.3. The van der Waals surface area contributed by atoms with Crippen LogP contribution in [0.5, 0.6) is 0 Å². The lowest BCUT2D eigenvalue weighted by Crippen LogP contribution is -2.19. The van der Waals surface area contributed by atoms with Crippen LogP contribution in [0, 0.1) is 24.7 Å². The predicted octanol–water partition coefficient (Wildman–Crippen LogP) is 3.52. The van der Waals surface area contributed by atoms with Gasteiger partial charge < -0.3 is 5.32 Å². The highest BCUT2D eigenvalue weighted by Crippen LogP contribution is 2.50. The van der Waals surface area contributed by atoms with Crippen LogP contribution in [0.4, 0.5) is 11.4 Å². The summed E-state index contributed by atoms with van der Waals surface area (Å²) in [6.07, 6.45) is 5.72. The molecule has 0 spiro atoms. The van der Waals surface area contributed by atoms with Crippen LogP contribution in [0.15, 0.2) is 18.2 Å². The second-order valence-corrected chi connectivity index (χ2v) is 9.14. The molecule has 2 aliphatic carbocycles. The molecule has 132 valence electrons. The molecule has 24 heavy (non-hydrogen) atoms. The minimum absolute atomic E-state index is 0.0364. The van der Waals surface area contributed by atoms with Gasteiger partial charge in [0.1, 0.15) is 0 Å². The second kappa shape index (κ2) is 6.75. The Morgan fingerprint density at radius 2 is 1.83 bits per heavy atom. The van der Waals surface area contributed by atoms with Crippen molar-refractivity contribution in [1.29, 1.82) is 0 Å². The number of sulfonamides is 1. The Morgan fingerprint density at radius 3 is 2.33 bits per heavy atom. The van der Waals surface area contributed by atoms with Crippen molar-refractivity contribution in [1.82, 2.24) is 0 Å². The first-order chi connectivity index (χ1) is 11.4. The van der Waals surface area contributed by atoms with Crippen LogP contribution in [0.2, 0.25) is 0 Å². The SMILES string of the molecule is CCS(=O)(=O)Nc1ccc(NC(=O)CC(C2CC2)C2CC2)cc1C. The minimum Gasteiger partial charge on any atom is -0.326 e. The summed E-state index contributed by atoms with van der Waals surface area (Å²) in [6.45, 7) is 3.43. The molecule has 5 nitrogen and oxygen atoms in total. The molecule has 0 atom stereocenters. The van der Waals surface area contributed by atoms with Gasteiger partial charge in [-0.15, -0.1) is 0 Å². The molecule has 2 aliphatic rings. The van der Waals surface area contributed by atoms with E-state index in [9.17, 15) is 13.2 Å². The van der Waals surface area contributed by atoms with E-state index in [1.165, 1.54) is 25.7 Å². The molecule has 6 heteroatoms. The van der Waals surface area contributed by atoms with Crippen molar-refractivity contribution in [2.24, 2.45) is 17.8 Å². The van der Waals surface area contributed by atoms with E-state index in [-0.39, 0.29) is 11.7 Å². The molecule has 0 radical (unpaired) electrons. The molecule has 2 saturated carbocycles. The number of hydrogen-bond acceptors (Lipinski definition) is 3. The highest BCUT2D eigenvalue weighted by atomic mass is 32.2. The predicted molar refractivity (Wildman–Crippen MR) is 96.4 cm³/mol. The Labute approximate surface area is 144 Å². The topological polar surface area (TPSA) is 75.3 Å². The fourth-order valence-corrected chi connectivity index (χ4v) is 4.00. The molecular weight excluding hydrogens is 324 g/mol. The molecule has 1 aromatic carbocycles. The third-order valence-electron chi connectivity index (χ3n) is 5.03. The van der Waals surface area contributed by atoms with Crippen molar-refractivity contribution in [3.8, 4) is 0 Å². The number of benzene rings is 1. The lowest BCUT2D eigenvalue weighted by atomic mass is 9.94. The zero-order valence-corrected chi connectivity index (χ0v) is 15.2. The Balaban J connectivity index is 1.60. The molecular formula is C18H26N2O3S. The molecule has 0 bridgehead atoms. The summed E-state index contributed by atoms with van der Waals surface area (Å²) >= 11 is 0. The fraction of sp³-hybridized carbons (Fsp3) is 0.611. The van der Waals surface area contributed by atoms with Crippen LogP contribution in [0.3, 0.4) is 0 Å². The lowest BCUT2D eigenvalue weighted by molar-refractivity contribution is -0.117. The van der Waals surface area contributed by atoms with Crippen molar-refractivity contribution >= 4 is 27.3 Å². The van der Waals surface area contributed by atoms with Gasteiger partial charge in [-0.2, -0.15) is 0 Å². The first-order valence-corrected chi connectivity index (χ1v) is 10.4. The normalized spacial score (nSPS) is 17.8. The fourth-order valence-electron chi connectivity index (χ4n) is 3.29. The molecule has 1 amide bonds. The monoisotopic (exact) mass is 350 g/mol. The van der Waals surface area contributed by atoms with Gasteiger partial charge in [0.15, 0.2) is 0 Å². The number of rotatable bonds is 8. The van der Waals surface area contributed by atoms with Gasteiger partial charge in [-0.05, 0) is 81.0 Å². The van der Waals surface area contributed by atoms with E-state index in [2.05, 4.69) is 10.0 Å². The Morgan fingerprint density at radius 1 is 1.21 bits per heavy atom. The highest BCUT2D eigenvalue weighted by molar-refractivity contribution is 7.92. The van der Waals surface area contributed by atoms with Crippen molar-refractivity contribution < 1.29 is 13.2 Å². The molecule has 0 aromatic heterocycles. The van der Waals surface area contributed by atoms with E-state index in [1.807, 2.05) is 13.0 Å². The summed E-state index contributed by atoms with van der Waals surface area (Å²) < 4.78 is 25.9. The maximum Gasteiger partial charge on any atom is 0.232 e. The van der Waals surface area contributed by atoms with Crippen molar-refractivity contribution in [2.75, 3.05) is 15.8 Å². The lowest BCUT2D eigenvalue weighted by Gasteiger charge is -2.16. The van der Waals surface area contributed by atoms with E-state index >= 15 is 0 Å². The Kier molecular flexibility index (Phi) is 4.85. The number of carbonyl (C=O) groups excluding carboxylic acids is 1. The first-order valence-electron chi connectivity index (χ1n) is 8.79. The van der Waals surface area contributed by atoms with Crippen LogP contribution in [0.25, 0.3) is 0 Å². The molecule has 0 unspecified atom stereocenters. The molecule has 0 saturated heterocycles. The molecule has 2 N–H and O–H groups in total. The number of hydrogen-bond donors (Lipinski definition) is 2. The summed E-state index contributed by atoms with van der Waals surface area (Å²) in [5.74, 6) is 2.18. The van der Waals surface area contributed by atoms with Crippen LogP contribution < -0.4 is 10.0 Å². The number of aryl methyl sites for hydroxylation is 1. The molecule has 1 aromatic rings. The van der Waals surface area contributed by atoms with E-state index in [0.717, 1.165) is 23.1 Å². The van der Waals surface area contributed by atoms with E-state index in [4.69, 9.17) is 0 Å². The summed E-state index contributed by atoms with van der Waals surface area (Å²) in [6, 6.07) is 5.27. The molecule has 2 fully saturated rings. The highest BCUT2D eigenvalue weighted by Gasteiger charge is 2.42. The van der Waals surface area contributed by atoms with Gasteiger partial charge >= 0.3 is 0 Å². The third kappa shape index (κ3) is 4.50. The zero-order chi connectivity index (χ0) is 17.3. The number of amides is 1.